The van der Waals surface area contributed by atoms with Gasteiger partial charge in [-0.15, -0.1) is 0 Å². The van der Waals surface area contributed by atoms with Crippen molar-refractivity contribution in [2.75, 3.05) is 5.32 Å². The lowest BCUT2D eigenvalue weighted by atomic mass is 10.1. The van der Waals surface area contributed by atoms with Gasteiger partial charge in [0.2, 0.25) is 0 Å². The molecule has 0 aliphatic heterocycles. The summed E-state index contributed by atoms with van der Waals surface area (Å²) in [5.41, 5.74) is 0. The molecule has 1 heterocycles. The molecule has 0 aromatic carbocycles. The molecular weight excluding hydrogens is 198 g/mol. The lowest BCUT2D eigenvalue weighted by molar-refractivity contribution is 0.577. The van der Waals surface area contributed by atoms with Crippen molar-refractivity contribution in [2.45, 2.75) is 64.5 Å². The molecule has 1 aliphatic rings. The average molecular weight is 221 g/mol. The van der Waals surface area contributed by atoms with Gasteiger partial charge < -0.3 is 5.32 Å². The van der Waals surface area contributed by atoms with Crippen LogP contribution in [0.5, 0.6) is 0 Å². The first kappa shape index (κ1) is 11.5. The number of anilines is 1. The van der Waals surface area contributed by atoms with Gasteiger partial charge >= 0.3 is 0 Å². The third kappa shape index (κ3) is 3.00. The third-order valence-corrected chi connectivity index (χ3v) is 3.36. The molecular formula is C13H23N3. The van der Waals surface area contributed by atoms with Crippen LogP contribution in [-0.2, 0) is 6.54 Å². The summed E-state index contributed by atoms with van der Waals surface area (Å²) in [5.74, 6) is 1.20. The van der Waals surface area contributed by atoms with Crippen molar-refractivity contribution < 1.29 is 0 Å². The first-order valence-corrected chi connectivity index (χ1v) is 6.68. The zero-order valence-electron chi connectivity index (χ0n) is 10.3. The molecule has 16 heavy (non-hydrogen) atoms. The van der Waals surface area contributed by atoms with E-state index in [-0.39, 0.29) is 0 Å². The van der Waals surface area contributed by atoms with Crippen molar-refractivity contribution in [3.05, 3.63) is 12.3 Å². The fraction of sp³-hybridized carbons (Fsp3) is 0.769. The molecule has 0 atom stereocenters. The van der Waals surface area contributed by atoms with Crippen molar-refractivity contribution in [3.8, 4) is 0 Å². The lowest BCUT2D eigenvalue weighted by Crippen LogP contribution is -2.20. The van der Waals surface area contributed by atoms with E-state index in [1.54, 1.807) is 0 Å². The van der Waals surface area contributed by atoms with Crippen LogP contribution >= 0.6 is 0 Å². The second-order valence-electron chi connectivity index (χ2n) is 4.77. The van der Waals surface area contributed by atoms with Crippen molar-refractivity contribution in [2.24, 2.45) is 0 Å². The van der Waals surface area contributed by atoms with Gasteiger partial charge in [0.15, 0.2) is 0 Å². The molecule has 2 rings (SSSR count). The van der Waals surface area contributed by atoms with Crippen LogP contribution in [-0.4, -0.2) is 15.8 Å². The Balaban J connectivity index is 1.93. The summed E-state index contributed by atoms with van der Waals surface area (Å²) in [6, 6.07) is 2.76. The second kappa shape index (κ2) is 5.92. The largest absolute Gasteiger partial charge is 0.368 e. The first-order valence-electron chi connectivity index (χ1n) is 6.68. The van der Waals surface area contributed by atoms with Crippen LogP contribution in [0, 0.1) is 0 Å². The Morgan fingerprint density at radius 2 is 2.06 bits per heavy atom. The standard InChI is InChI=1S/C13H23N3/c1-2-11-16-13(9-10-14-16)15-12-7-5-3-4-6-8-12/h9-10,12,15H,2-8,11H2,1H3. The fourth-order valence-electron chi connectivity index (χ4n) is 2.48. The number of hydrogen-bond acceptors (Lipinski definition) is 2. The van der Waals surface area contributed by atoms with Gasteiger partial charge in [-0.1, -0.05) is 32.6 Å². The predicted octanol–water partition coefficient (Wildman–Crippen LogP) is 3.43. The van der Waals surface area contributed by atoms with E-state index < -0.39 is 0 Å². The maximum absolute atomic E-state index is 4.35. The van der Waals surface area contributed by atoms with Gasteiger partial charge in [0.1, 0.15) is 5.82 Å². The van der Waals surface area contributed by atoms with Crippen LogP contribution in [0.15, 0.2) is 12.3 Å². The summed E-state index contributed by atoms with van der Waals surface area (Å²) in [6.07, 6.45) is 11.2. The highest BCUT2D eigenvalue weighted by atomic mass is 15.3. The minimum atomic E-state index is 0.662. The smallest absolute Gasteiger partial charge is 0.124 e. The van der Waals surface area contributed by atoms with Crippen LogP contribution in [0.1, 0.15) is 51.9 Å². The van der Waals surface area contributed by atoms with Crippen molar-refractivity contribution in [1.82, 2.24) is 9.78 Å². The Morgan fingerprint density at radius 1 is 1.31 bits per heavy atom. The van der Waals surface area contributed by atoms with Crippen molar-refractivity contribution >= 4 is 5.82 Å². The van der Waals surface area contributed by atoms with Crippen LogP contribution in [0.25, 0.3) is 0 Å². The molecule has 0 saturated heterocycles. The van der Waals surface area contributed by atoms with Crippen LogP contribution in [0.2, 0.25) is 0 Å². The summed E-state index contributed by atoms with van der Waals surface area (Å²) in [4.78, 5) is 0. The normalized spacial score (nSPS) is 18.3. The number of nitrogens with one attached hydrogen (secondary N) is 1. The highest BCUT2D eigenvalue weighted by Gasteiger charge is 2.13. The van der Waals surface area contributed by atoms with Crippen LogP contribution in [0.4, 0.5) is 5.82 Å². The minimum absolute atomic E-state index is 0.662. The van der Waals surface area contributed by atoms with Crippen LogP contribution < -0.4 is 5.32 Å². The topological polar surface area (TPSA) is 29.9 Å². The zero-order valence-corrected chi connectivity index (χ0v) is 10.3. The molecule has 0 amide bonds. The number of nitrogens with zero attached hydrogens (tertiary/aromatic N) is 2. The molecule has 1 saturated carbocycles. The number of rotatable bonds is 4. The van der Waals surface area contributed by atoms with Gasteiger partial charge in [0.05, 0.1) is 6.20 Å². The second-order valence-corrected chi connectivity index (χ2v) is 4.77. The molecule has 3 heteroatoms. The molecule has 0 bridgehead atoms. The first-order chi connectivity index (χ1) is 7.90. The SMILES string of the molecule is CCCn1nccc1NC1CCCCCC1. The molecule has 0 radical (unpaired) electrons. The maximum Gasteiger partial charge on any atom is 0.124 e. The Labute approximate surface area is 98.2 Å². The monoisotopic (exact) mass is 221 g/mol. The predicted molar refractivity (Wildman–Crippen MR) is 67.6 cm³/mol. The summed E-state index contributed by atoms with van der Waals surface area (Å²) >= 11 is 0. The average Bonchev–Trinajstić information content (AvgIpc) is 2.56. The van der Waals surface area contributed by atoms with E-state index in [1.807, 2.05) is 6.20 Å². The highest BCUT2D eigenvalue weighted by molar-refractivity contribution is 5.35. The van der Waals surface area contributed by atoms with Gasteiger partial charge in [0, 0.05) is 18.7 Å². The summed E-state index contributed by atoms with van der Waals surface area (Å²) in [7, 11) is 0. The summed E-state index contributed by atoms with van der Waals surface area (Å²) < 4.78 is 2.09. The number of aromatic nitrogens is 2. The van der Waals surface area contributed by atoms with E-state index in [4.69, 9.17) is 0 Å². The van der Waals surface area contributed by atoms with Gasteiger partial charge in [-0.05, 0) is 19.3 Å². The van der Waals surface area contributed by atoms with Gasteiger partial charge in [0.25, 0.3) is 0 Å². The molecule has 1 aromatic heterocycles. The van der Waals surface area contributed by atoms with E-state index in [0.717, 1.165) is 13.0 Å². The number of aryl methyl sites for hydroxylation is 1. The Bertz CT molecular complexity index is 298. The fourth-order valence-corrected chi connectivity index (χ4v) is 2.48. The van der Waals surface area contributed by atoms with E-state index >= 15 is 0 Å². The molecule has 1 fully saturated rings. The Kier molecular flexibility index (Phi) is 4.25. The number of hydrogen-bond donors (Lipinski definition) is 1. The van der Waals surface area contributed by atoms with E-state index in [1.165, 1.54) is 44.3 Å². The van der Waals surface area contributed by atoms with Crippen molar-refractivity contribution in [3.63, 3.8) is 0 Å². The van der Waals surface area contributed by atoms with Gasteiger partial charge in [-0.25, -0.2) is 4.68 Å². The molecule has 1 N–H and O–H groups in total. The zero-order chi connectivity index (χ0) is 11.2. The molecule has 0 unspecified atom stereocenters. The van der Waals surface area contributed by atoms with E-state index in [0.29, 0.717) is 6.04 Å². The minimum Gasteiger partial charge on any atom is -0.368 e. The van der Waals surface area contributed by atoms with Crippen LogP contribution in [0.3, 0.4) is 0 Å². The van der Waals surface area contributed by atoms with Gasteiger partial charge in [-0.3, -0.25) is 0 Å². The van der Waals surface area contributed by atoms with E-state index in [2.05, 4.69) is 28.1 Å². The molecule has 0 spiro atoms. The maximum atomic E-state index is 4.35. The summed E-state index contributed by atoms with van der Waals surface area (Å²) in [6.45, 7) is 3.21. The third-order valence-electron chi connectivity index (χ3n) is 3.36. The molecule has 90 valence electrons. The Morgan fingerprint density at radius 3 is 2.75 bits per heavy atom. The van der Waals surface area contributed by atoms with E-state index in [9.17, 15) is 0 Å². The molecule has 1 aliphatic carbocycles. The van der Waals surface area contributed by atoms with Crippen molar-refractivity contribution in [1.29, 1.82) is 0 Å². The summed E-state index contributed by atoms with van der Waals surface area (Å²) in [5, 5.41) is 8.00. The highest BCUT2D eigenvalue weighted by Crippen LogP contribution is 2.21. The molecule has 3 nitrogen and oxygen atoms in total. The van der Waals surface area contributed by atoms with Gasteiger partial charge in [-0.2, -0.15) is 5.10 Å². The quantitative estimate of drug-likeness (QED) is 0.789. The molecule has 1 aromatic rings. The Hall–Kier alpha value is -0.990. The lowest BCUT2D eigenvalue weighted by Gasteiger charge is -2.18.